The Balaban J connectivity index is 1.72. The van der Waals surface area contributed by atoms with Crippen LogP contribution in [0.2, 0.25) is 0 Å². The number of aromatic nitrogens is 3. The molecule has 2 aromatic carbocycles. The molecule has 6 nitrogen and oxygen atoms in total. The lowest BCUT2D eigenvalue weighted by Crippen LogP contribution is -2.27. The molecule has 0 saturated carbocycles. The van der Waals surface area contributed by atoms with Gasteiger partial charge in [-0.15, -0.1) is 0 Å². The molecule has 1 amide bonds. The van der Waals surface area contributed by atoms with Crippen LogP contribution in [0.1, 0.15) is 40.0 Å². The van der Waals surface area contributed by atoms with Crippen molar-refractivity contribution in [2.24, 2.45) is 0 Å². The van der Waals surface area contributed by atoms with Gasteiger partial charge in [-0.1, -0.05) is 18.2 Å². The molecular formula is C24H22N4O2S. The standard InChI is InChI=1S/C24H22N4O2S/c1-14-6-4-8-21(15(14)2)28-23(30)19-10-9-17(12-20(19)27-24(28)31)22(29)26-16(3)18-7-5-11-25-13-18/h4-13,16H,1-3H3,(H,26,29)(H,27,31). The second-order valence-electron chi connectivity index (χ2n) is 7.53. The first-order chi connectivity index (χ1) is 14.9. The molecule has 0 aliphatic heterocycles. The van der Waals surface area contributed by atoms with Crippen LogP contribution in [-0.2, 0) is 0 Å². The normalized spacial score (nSPS) is 12.0. The van der Waals surface area contributed by atoms with Crippen LogP contribution in [0.5, 0.6) is 0 Å². The van der Waals surface area contributed by atoms with Crippen LogP contribution in [-0.4, -0.2) is 20.4 Å². The fourth-order valence-electron chi connectivity index (χ4n) is 3.55. The van der Waals surface area contributed by atoms with Gasteiger partial charge in [0, 0.05) is 18.0 Å². The molecule has 0 aliphatic rings. The van der Waals surface area contributed by atoms with E-state index in [4.69, 9.17) is 12.2 Å². The van der Waals surface area contributed by atoms with Crippen molar-refractivity contribution in [2.45, 2.75) is 26.8 Å². The summed E-state index contributed by atoms with van der Waals surface area (Å²) >= 11 is 5.49. The number of rotatable bonds is 4. The van der Waals surface area contributed by atoms with Crippen LogP contribution in [0.15, 0.2) is 65.7 Å². The van der Waals surface area contributed by atoms with E-state index in [2.05, 4.69) is 15.3 Å². The molecule has 0 fully saturated rings. The first-order valence-electron chi connectivity index (χ1n) is 9.93. The van der Waals surface area contributed by atoms with E-state index in [0.717, 1.165) is 22.4 Å². The van der Waals surface area contributed by atoms with E-state index < -0.39 is 0 Å². The summed E-state index contributed by atoms with van der Waals surface area (Å²) in [7, 11) is 0. The van der Waals surface area contributed by atoms with E-state index in [1.807, 2.05) is 51.1 Å². The number of carbonyl (C=O) groups is 1. The van der Waals surface area contributed by atoms with E-state index in [0.29, 0.717) is 16.5 Å². The van der Waals surface area contributed by atoms with E-state index in [9.17, 15) is 9.59 Å². The Hall–Kier alpha value is -3.58. The zero-order valence-electron chi connectivity index (χ0n) is 17.5. The van der Waals surface area contributed by atoms with Crippen molar-refractivity contribution in [3.05, 3.63) is 98.3 Å². The number of nitrogens with zero attached hydrogens (tertiary/aromatic N) is 2. The molecule has 2 aromatic heterocycles. The molecule has 1 atom stereocenters. The van der Waals surface area contributed by atoms with E-state index >= 15 is 0 Å². The quantitative estimate of drug-likeness (QED) is 0.466. The largest absolute Gasteiger partial charge is 0.345 e. The van der Waals surface area contributed by atoms with Gasteiger partial charge in [0.05, 0.1) is 22.6 Å². The maximum atomic E-state index is 13.2. The number of aryl methyl sites for hydroxylation is 1. The Labute approximate surface area is 184 Å². The summed E-state index contributed by atoms with van der Waals surface area (Å²) in [6, 6.07) is 14.3. The Bertz CT molecular complexity index is 1410. The van der Waals surface area contributed by atoms with E-state index in [-0.39, 0.29) is 22.3 Å². The van der Waals surface area contributed by atoms with Crippen molar-refractivity contribution in [1.29, 1.82) is 0 Å². The minimum Gasteiger partial charge on any atom is -0.345 e. The van der Waals surface area contributed by atoms with Crippen LogP contribution < -0.4 is 10.9 Å². The number of nitrogens with one attached hydrogen (secondary N) is 2. The summed E-state index contributed by atoms with van der Waals surface area (Å²) in [4.78, 5) is 33.2. The average Bonchev–Trinajstić information content (AvgIpc) is 2.76. The molecule has 4 rings (SSSR count). The highest BCUT2D eigenvalue weighted by molar-refractivity contribution is 7.71. The number of pyridine rings is 1. The van der Waals surface area contributed by atoms with Gasteiger partial charge in [-0.3, -0.25) is 19.1 Å². The lowest BCUT2D eigenvalue weighted by Gasteiger charge is -2.15. The van der Waals surface area contributed by atoms with Gasteiger partial charge in [0.1, 0.15) is 0 Å². The second-order valence-corrected chi connectivity index (χ2v) is 7.92. The van der Waals surface area contributed by atoms with Gasteiger partial charge in [-0.05, 0) is 80.0 Å². The molecule has 2 heterocycles. The molecule has 0 saturated heterocycles. The summed E-state index contributed by atoms with van der Waals surface area (Å²) in [5.74, 6) is -0.240. The third-order valence-corrected chi connectivity index (χ3v) is 5.79. The Kier molecular flexibility index (Phi) is 5.52. The first kappa shape index (κ1) is 20.7. The molecule has 0 spiro atoms. The molecule has 2 N–H and O–H groups in total. The number of hydrogen-bond acceptors (Lipinski definition) is 4. The Morgan fingerprint density at radius 2 is 1.97 bits per heavy atom. The number of hydrogen-bond donors (Lipinski definition) is 2. The molecule has 0 aliphatic carbocycles. The smallest absolute Gasteiger partial charge is 0.266 e. The van der Waals surface area contributed by atoms with Crippen LogP contribution in [0.4, 0.5) is 0 Å². The number of benzene rings is 2. The van der Waals surface area contributed by atoms with Gasteiger partial charge in [-0.25, -0.2) is 0 Å². The zero-order chi connectivity index (χ0) is 22.1. The van der Waals surface area contributed by atoms with Crippen LogP contribution in [0.25, 0.3) is 16.6 Å². The Morgan fingerprint density at radius 1 is 1.16 bits per heavy atom. The molecular weight excluding hydrogens is 408 g/mol. The van der Waals surface area contributed by atoms with Gasteiger partial charge < -0.3 is 10.3 Å². The van der Waals surface area contributed by atoms with Gasteiger partial charge in [0.2, 0.25) is 0 Å². The van der Waals surface area contributed by atoms with Crippen molar-refractivity contribution in [3.8, 4) is 5.69 Å². The van der Waals surface area contributed by atoms with Gasteiger partial charge >= 0.3 is 0 Å². The van der Waals surface area contributed by atoms with Crippen molar-refractivity contribution in [1.82, 2.24) is 19.9 Å². The summed E-state index contributed by atoms with van der Waals surface area (Å²) in [5.41, 5.74) is 4.48. The van der Waals surface area contributed by atoms with Crippen LogP contribution in [0.3, 0.4) is 0 Å². The molecule has 156 valence electrons. The topological polar surface area (TPSA) is 79.8 Å². The van der Waals surface area contributed by atoms with Crippen LogP contribution in [0, 0.1) is 18.6 Å². The summed E-state index contributed by atoms with van der Waals surface area (Å²) in [6.07, 6.45) is 3.41. The maximum absolute atomic E-state index is 13.2. The molecule has 1 unspecified atom stereocenters. The van der Waals surface area contributed by atoms with Gasteiger partial charge in [0.15, 0.2) is 4.77 Å². The molecule has 7 heteroatoms. The molecule has 4 aromatic rings. The number of H-pyrrole nitrogens is 1. The molecule has 31 heavy (non-hydrogen) atoms. The second kappa shape index (κ2) is 8.28. The van der Waals surface area contributed by atoms with Crippen molar-refractivity contribution in [2.75, 3.05) is 0 Å². The first-order valence-corrected chi connectivity index (χ1v) is 10.3. The fourth-order valence-corrected chi connectivity index (χ4v) is 3.84. The predicted octanol–water partition coefficient (Wildman–Crippen LogP) is 4.55. The Morgan fingerprint density at radius 3 is 2.71 bits per heavy atom. The molecule has 0 radical (unpaired) electrons. The lowest BCUT2D eigenvalue weighted by atomic mass is 10.1. The summed E-state index contributed by atoms with van der Waals surface area (Å²) < 4.78 is 1.79. The van der Waals surface area contributed by atoms with E-state index in [1.165, 1.54) is 4.57 Å². The van der Waals surface area contributed by atoms with E-state index in [1.54, 1.807) is 30.6 Å². The highest BCUT2D eigenvalue weighted by atomic mass is 32.1. The minimum absolute atomic E-state index is 0.201. The SMILES string of the molecule is Cc1cccc(-n2c(=S)[nH]c3cc(C(=O)NC(C)c4cccnc4)ccc3c2=O)c1C. The maximum Gasteiger partial charge on any atom is 0.266 e. The highest BCUT2D eigenvalue weighted by Crippen LogP contribution is 2.19. The third-order valence-electron chi connectivity index (χ3n) is 5.51. The summed E-state index contributed by atoms with van der Waals surface area (Å²) in [5, 5.41) is 3.42. The third kappa shape index (κ3) is 3.92. The van der Waals surface area contributed by atoms with Crippen molar-refractivity contribution >= 4 is 29.0 Å². The van der Waals surface area contributed by atoms with Crippen LogP contribution >= 0.6 is 12.2 Å². The summed E-state index contributed by atoms with van der Waals surface area (Å²) in [6.45, 7) is 5.86. The highest BCUT2D eigenvalue weighted by Gasteiger charge is 2.15. The van der Waals surface area contributed by atoms with Crippen molar-refractivity contribution in [3.63, 3.8) is 0 Å². The van der Waals surface area contributed by atoms with Gasteiger partial charge in [-0.2, -0.15) is 0 Å². The van der Waals surface area contributed by atoms with Gasteiger partial charge in [0.25, 0.3) is 11.5 Å². The lowest BCUT2D eigenvalue weighted by molar-refractivity contribution is 0.0940. The number of amides is 1. The monoisotopic (exact) mass is 430 g/mol. The van der Waals surface area contributed by atoms with Crippen molar-refractivity contribution < 1.29 is 4.79 Å². The molecule has 0 bridgehead atoms. The minimum atomic E-state index is -0.240. The number of aromatic amines is 1. The average molecular weight is 431 g/mol. The zero-order valence-corrected chi connectivity index (χ0v) is 18.3. The number of carbonyl (C=O) groups excluding carboxylic acids is 1. The predicted molar refractivity (Wildman–Crippen MR) is 124 cm³/mol. The number of fused-ring (bicyclic) bond motifs is 1. The fraction of sp³-hybridized carbons (Fsp3) is 0.167.